The first-order valence-electron chi connectivity index (χ1n) is 8.74. The molecule has 0 bridgehead atoms. The van der Waals surface area contributed by atoms with E-state index >= 15 is 0 Å². The highest BCUT2D eigenvalue weighted by molar-refractivity contribution is 5.94. The van der Waals surface area contributed by atoms with Gasteiger partial charge in [-0.2, -0.15) is 0 Å². The van der Waals surface area contributed by atoms with E-state index < -0.39 is 0 Å². The molecule has 0 atom stereocenters. The third-order valence-corrected chi connectivity index (χ3v) is 3.88. The Morgan fingerprint density at radius 1 is 1.00 bits per heavy atom. The number of aromatic nitrogens is 2. The maximum atomic E-state index is 12.0. The minimum absolute atomic E-state index is 0.0727. The van der Waals surface area contributed by atoms with E-state index in [9.17, 15) is 4.79 Å². The second-order valence-electron chi connectivity index (χ2n) is 5.87. The van der Waals surface area contributed by atoms with Crippen LogP contribution in [-0.2, 0) is 0 Å². The van der Waals surface area contributed by atoms with Gasteiger partial charge in [-0.3, -0.25) is 4.79 Å². The van der Waals surface area contributed by atoms with Crippen molar-refractivity contribution < 1.29 is 14.3 Å². The number of benzene rings is 2. The Bertz CT molecular complexity index is 893. The second-order valence-corrected chi connectivity index (χ2v) is 5.87. The highest BCUT2D eigenvalue weighted by atomic mass is 16.5. The summed E-state index contributed by atoms with van der Waals surface area (Å²) >= 11 is 0. The van der Waals surface area contributed by atoms with E-state index in [1.54, 1.807) is 31.4 Å². The molecule has 0 spiro atoms. The average Bonchev–Trinajstić information content (AvgIpc) is 2.73. The molecule has 1 N–H and O–H groups in total. The van der Waals surface area contributed by atoms with Gasteiger partial charge in [-0.1, -0.05) is 25.1 Å². The largest absolute Gasteiger partial charge is 0.497 e. The summed E-state index contributed by atoms with van der Waals surface area (Å²) in [6.45, 7) is 2.69. The molecule has 6 nitrogen and oxygen atoms in total. The molecule has 6 heteroatoms. The zero-order valence-electron chi connectivity index (χ0n) is 15.3. The van der Waals surface area contributed by atoms with Gasteiger partial charge >= 0.3 is 0 Å². The number of ether oxygens (including phenoxy) is 2. The number of hydrogen-bond donors (Lipinski definition) is 1. The van der Waals surface area contributed by atoms with Crippen molar-refractivity contribution in [3.05, 3.63) is 66.2 Å². The van der Waals surface area contributed by atoms with Crippen molar-refractivity contribution in [2.24, 2.45) is 0 Å². The third kappa shape index (κ3) is 4.82. The lowest BCUT2D eigenvalue weighted by Crippen LogP contribution is -2.23. The van der Waals surface area contributed by atoms with Crippen molar-refractivity contribution in [3.63, 3.8) is 0 Å². The van der Waals surface area contributed by atoms with Crippen LogP contribution in [0.15, 0.2) is 60.7 Å². The number of methoxy groups -OCH3 is 1. The maximum absolute atomic E-state index is 12.0. The van der Waals surface area contributed by atoms with Gasteiger partial charge in [0, 0.05) is 29.8 Å². The van der Waals surface area contributed by atoms with Crippen LogP contribution in [0, 0.1) is 0 Å². The second kappa shape index (κ2) is 8.80. The Labute approximate surface area is 158 Å². The molecule has 2 aromatic carbocycles. The lowest BCUT2D eigenvalue weighted by atomic mass is 10.1. The fraction of sp³-hybridized carbons (Fsp3) is 0.190. The van der Waals surface area contributed by atoms with Crippen LogP contribution < -0.4 is 14.8 Å². The van der Waals surface area contributed by atoms with Gasteiger partial charge in [0.25, 0.3) is 5.91 Å². The van der Waals surface area contributed by atoms with E-state index in [1.165, 1.54) is 0 Å². The smallest absolute Gasteiger partial charge is 0.251 e. The van der Waals surface area contributed by atoms with E-state index in [-0.39, 0.29) is 5.91 Å². The van der Waals surface area contributed by atoms with Crippen LogP contribution in [0.2, 0.25) is 0 Å². The molecule has 3 aromatic rings. The van der Waals surface area contributed by atoms with Crippen molar-refractivity contribution in [2.45, 2.75) is 13.3 Å². The monoisotopic (exact) mass is 363 g/mol. The quantitative estimate of drug-likeness (QED) is 0.684. The van der Waals surface area contributed by atoms with Gasteiger partial charge in [-0.25, -0.2) is 0 Å². The summed E-state index contributed by atoms with van der Waals surface area (Å²) in [5.74, 6) is 1.65. The zero-order valence-corrected chi connectivity index (χ0v) is 15.3. The van der Waals surface area contributed by atoms with E-state index in [0.717, 1.165) is 12.0 Å². The molecule has 138 valence electrons. The Hall–Kier alpha value is -3.41. The molecular weight excluding hydrogens is 342 g/mol. The molecule has 3 rings (SSSR count). The first kappa shape index (κ1) is 18.4. The van der Waals surface area contributed by atoms with Crippen LogP contribution in [0.3, 0.4) is 0 Å². The molecule has 0 fully saturated rings. The van der Waals surface area contributed by atoms with Crippen LogP contribution >= 0.6 is 0 Å². The normalized spacial score (nSPS) is 10.3. The molecule has 1 heterocycles. The lowest BCUT2D eigenvalue weighted by molar-refractivity contribution is 0.0953. The van der Waals surface area contributed by atoms with Gasteiger partial charge in [0.15, 0.2) is 0 Å². The van der Waals surface area contributed by atoms with Crippen LogP contribution in [-0.4, -0.2) is 29.8 Å². The predicted octanol–water partition coefficient (Wildman–Crippen LogP) is 4.08. The highest BCUT2D eigenvalue weighted by Crippen LogP contribution is 2.25. The molecule has 0 saturated carbocycles. The fourth-order valence-electron chi connectivity index (χ4n) is 2.45. The molecular formula is C21H21N3O3. The van der Waals surface area contributed by atoms with Gasteiger partial charge in [-0.05, 0) is 36.8 Å². The van der Waals surface area contributed by atoms with Gasteiger partial charge in [-0.15, -0.1) is 10.2 Å². The predicted molar refractivity (Wildman–Crippen MR) is 103 cm³/mol. The zero-order chi connectivity index (χ0) is 19.1. The van der Waals surface area contributed by atoms with Gasteiger partial charge in [0.2, 0.25) is 5.88 Å². The summed E-state index contributed by atoms with van der Waals surface area (Å²) in [5, 5.41) is 11.2. The van der Waals surface area contributed by atoms with E-state index in [0.29, 0.717) is 35.2 Å². The first-order valence-corrected chi connectivity index (χ1v) is 8.74. The topological polar surface area (TPSA) is 73.3 Å². The Morgan fingerprint density at radius 2 is 1.78 bits per heavy atom. The Kier molecular flexibility index (Phi) is 5.99. The Balaban J connectivity index is 1.68. The maximum Gasteiger partial charge on any atom is 0.251 e. The molecule has 27 heavy (non-hydrogen) atoms. The third-order valence-electron chi connectivity index (χ3n) is 3.88. The number of amides is 1. The summed E-state index contributed by atoms with van der Waals surface area (Å²) in [5.41, 5.74) is 2.20. The number of hydrogen-bond acceptors (Lipinski definition) is 5. The minimum Gasteiger partial charge on any atom is -0.497 e. The summed E-state index contributed by atoms with van der Waals surface area (Å²) in [6, 6.07) is 18.1. The number of rotatable bonds is 7. The number of carbonyl (C=O) groups is 1. The first-order chi connectivity index (χ1) is 13.2. The number of nitrogens with one attached hydrogen (secondary N) is 1. The minimum atomic E-state index is -0.0727. The van der Waals surface area contributed by atoms with Crippen LogP contribution in [0.25, 0.3) is 11.3 Å². The van der Waals surface area contributed by atoms with E-state index in [4.69, 9.17) is 9.47 Å². The van der Waals surface area contributed by atoms with Gasteiger partial charge in [0.1, 0.15) is 11.5 Å². The summed E-state index contributed by atoms with van der Waals surface area (Å²) in [6.07, 6.45) is 0.906. The number of nitrogens with zero attached hydrogens (tertiary/aromatic N) is 2. The Morgan fingerprint density at radius 3 is 2.44 bits per heavy atom. The van der Waals surface area contributed by atoms with Gasteiger partial charge in [0.05, 0.1) is 12.8 Å². The van der Waals surface area contributed by atoms with Crippen molar-refractivity contribution in [3.8, 4) is 28.6 Å². The molecule has 0 saturated heterocycles. The standard InChI is InChI=1S/C21H21N3O3/c1-3-13-22-21(25)16-9-7-15(8-10-16)19-11-12-20(24-23-19)27-18-6-4-5-17(14-18)26-2/h4-12,14H,3,13H2,1-2H3,(H,22,25). The average molecular weight is 363 g/mol. The molecule has 0 aliphatic heterocycles. The van der Waals surface area contributed by atoms with Crippen molar-refractivity contribution in [1.29, 1.82) is 0 Å². The SMILES string of the molecule is CCCNC(=O)c1ccc(-c2ccc(Oc3cccc(OC)c3)nn2)cc1. The van der Waals surface area contributed by atoms with Crippen molar-refractivity contribution in [1.82, 2.24) is 15.5 Å². The molecule has 1 aromatic heterocycles. The highest BCUT2D eigenvalue weighted by Gasteiger charge is 2.07. The molecule has 1 amide bonds. The molecule has 0 aliphatic carbocycles. The molecule has 0 aliphatic rings. The summed E-state index contributed by atoms with van der Waals surface area (Å²) < 4.78 is 10.9. The lowest BCUT2D eigenvalue weighted by Gasteiger charge is -2.07. The summed E-state index contributed by atoms with van der Waals surface area (Å²) in [4.78, 5) is 12.0. The fourth-order valence-corrected chi connectivity index (χ4v) is 2.45. The summed E-state index contributed by atoms with van der Waals surface area (Å²) in [7, 11) is 1.60. The molecule has 0 radical (unpaired) electrons. The molecule has 0 unspecified atom stereocenters. The number of carbonyl (C=O) groups excluding carboxylic acids is 1. The van der Waals surface area contributed by atoms with Crippen LogP contribution in [0.5, 0.6) is 17.4 Å². The van der Waals surface area contributed by atoms with Crippen LogP contribution in [0.1, 0.15) is 23.7 Å². The van der Waals surface area contributed by atoms with E-state index in [2.05, 4.69) is 15.5 Å². The van der Waals surface area contributed by atoms with Crippen molar-refractivity contribution >= 4 is 5.91 Å². The van der Waals surface area contributed by atoms with E-state index in [1.807, 2.05) is 43.3 Å². The van der Waals surface area contributed by atoms with Gasteiger partial charge < -0.3 is 14.8 Å². The van der Waals surface area contributed by atoms with Crippen molar-refractivity contribution in [2.75, 3.05) is 13.7 Å². The van der Waals surface area contributed by atoms with Crippen LogP contribution in [0.4, 0.5) is 0 Å².